The van der Waals surface area contributed by atoms with Gasteiger partial charge in [0.1, 0.15) is 6.10 Å². The molecule has 1 aromatic rings. The Morgan fingerprint density at radius 1 is 1.59 bits per heavy atom. The largest absolute Gasteiger partial charge is 0.393 e. The maximum absolute atomic E-state index is 11.5. The van der Waals surface area contributed by atoms with Crippen molar-refractivity contribution in [2.75, 3.05) is 6.61 Å². The van der Waals surface area contributed by atoms with Gasteiger partial charge >= 0.3 is 5.69 Å². The average molecular weight is 234 g/mol. The summed E-state index contributed by atoms with van der Waals surface area (Å²) in [5.74, 6) is 2.38. The minimum atomic E-state index is -0.706. The van der Waals surface area contributed by atoms with Gasteiger partial charge in [-0.15, -0.1) is 6.42 Å². The molecule has 0 bridgehead atoms. The third-order valence-electron chi connectivity index (χ3n) is 2.43. The molecule has 0 aliphatic carbocycles. The van der Waals surface area contributed by atoms with Gasteiger partial charge in [-0.2, -0.15) is 0 Å². The molecule has 2 rings (SSSR count). The lowest BCUT2D eigenvalue weighted by molar-refractivity contribution is -0.0125. The van der Waals surface area contributed by atoms with Crippen LogP contribution in [-0.4, -0.2) is 27.4 Å². The number of nitrogens with one attached hydrogen (secondary N) is 1. The van der Waals surface area contributed by atoms with Gasteiger partial charge in [-0.3, -0.25) is 14.3 Å². The number of hydrogen-bond acceptors (Lipinski definition) is 4. The molecule has 1 aliphatic rings. The Morgan fingerprint density at radius 3 is 2.88 bits per heavy atom. The second kappa shape index (κ2) is 4.41. The molecule has 6 heteroatoms. The van der Waals surface area contributed by atoms with Gasteiger partial charge in [-0.25, -0.2) is 4.79 Å². The van der Waals surface area contributed by atoms with Crippen LogP contribution < -0.4 is 11.2 Å². The summed E-state index contributed by atoms with van der Waals surface area (Å²) in [7, 11) is 0. The van der Waals surface area contributed by atoms with Crippen LogP contribution in [0.5, 0.6) is 0 Å². The van der Waals surface area contributed by atoms with Gasteiger partial charge in [0.05, 0.1) is 6.61 Å². The van der Waals surface area contributed by atoms with E-state index in [9.17, 15) is 9.59 Å². The topological polar surface area (TPSA) is 84.3 Å². The second-order valence-corrected chi connectivity index (χ2v) is 3.48. The maximum atomic E-state index is 11.5. The molecule has 6 nitrogen and oxygen atoms in total. The molecule has 0 amide bonds. The van der Waals surface area contributed by atoms with Crippen LogP contribution in [0.1, 0.15) is 6.23 Å². The molecule has 88 valence electrons. The quantitative estimate of drug-likeness (QED) is 0.642. The number of rotatable bonds is 2. The predicted molar refractivity (Wildman–Crippen MR) is 59.2 cm³/mol. The van der Waals surface area contributed by atoms with Crippen LogP contribution in [0.3, 0.4) is 0 Å². The first-order chi connectivity index (χ1) is 8.15. The molecule has 0 aromatic carbocycles. The van der Waals surface area contributed by atoms with Crippen molar-refractivity contribution in [2.24, 2.45) is 0 Å². The number of aromatic amines is 1. The number of ether oxygens (including phenoxy) is 1. The average Bonchev–Trinajstić information content (AvgIpc) is 2.72. The summed E-state index contributed by atoms with van der Waals surface area (Å²) in [6.45, 7) is -0.259. The molecule has 0 unspecified atom stereocenters. The lowest BCUT2D eigenvalue weighted by Crippen LogP contribution is -2.32. The molecule has 0 saturated heterocycles. The number of nitrogens with zero attached hydrogens (tertiary/aromatic N) is 1. The van der Waals surface area contributed by atoms with Crippen molar-refractivity contribution in [2.45, 2.75) is 12.3 Å². The summed E-state index contributed by atoms with van der Waals surface area (Å²) in [5, 5.41) is 9.04. The van der Waals surface area contributed by atoms with Gasteiger partial charge in [0.25, 0.3) is 5.56 Å². The maximum Gasteiger partial charge on any atom is 0.330 e. The van der Waals surface area contributed by atoms with E-state index in [-0.39, 0.29) is 6.61 Å². The van der Waals surface area contributed by atoms with Crippen molar-refractivity contribution in [3.8, 4) is 12.3 Å². The van der Waals surface area contributed by atoms with Gasteiger partial charge in [0.15, 0.2) is 6.23 Å². The highest BCUT2D eigenvalue weighted by Gasteiger charge is 2.27. The smallest absolute Gasteiger partial charge is 0.330 e. The zero-order valence-electron chi connectivity index (χ0n) is 8.79. The molecular formula is C11H10N2O4. The highest BCUT2D eigenvalue weighted by atomic mass is 16.5. The molecule has 0 saturated carbocycles. The first-order valence-corrected chi connectivity index (χ1v) is 4.92. The van der Waals surface area contributed by atoms with E-state index in [1.165, 1.54) is 16.8 Å². The summed E-state index contributed by atoms with van der Waals surface area (Å²) >= 11 is 0. The Hall–Kier alpha value is -2.10. The summed E-state index contributed by atoms with van der Waals surface area (Å²) in [6.07, 6.45) is 6.81. The van der Waals surface area contributed by atoms with Crippen molar-refractivity contribution >= 4 is 0 Å². The van der Waals surface area contributed by atoms with E-state index >= 15 is 0 Å². The van der Waals surface area contributed by atoms with Crippen molar-refractivity contribution in [3.63, 3.8) is 0 Å². The van der Waals surface area contributed by atoms with E-state index in [4.69, 9.17) is 16.3 Å². The number of terminal acetylenes is 1. The number of aliphatic hydroxyl groups excluding tert-OH is 1. The monoisotopic (exact) mass is 234 g/mol. The molecule has 0 fully saturated rings. The standard InChI is InChI=1S/C11H10N2O4/c1-2-7-5-10(17-8(7)6-14)13-4-3-9(15)12-11(13)16/h1,3-5,8,10,14H,6H2,(H,12,15,16)/t8-,10-/m1/s1. The van der Waals surface area contributed by atoms with Crippen LogP contribution in [0.25, 0.3) is 0 Å². The van der Waals surface area contributed by atoms with Crippen LogP contribution in [0.15, 0.2) is 33.5 Å². The van der Waals surface area contributed by atoms with Gasteiger partial charge in [0, 0.05) is 17.8 Å². The molecule has 2 heterocycles. The third-order valence-corrected chi connectivity index (χ3v) is 2.43. The lowest BCUT2D eigenvalue weighted by Gasteiger charge is -2.14. The summed E-state index contributed by atoms with van der Waals surface area (Å²) in [6, 6.07) is 1.21. The third kappa shape index (κ3) is 2.06. The molecule has 0 radical (unpaired) electrons. The number of aromatic nitrogens is 2. The molecule has 17 heavy (non-hydrogen) atoms. The first kappa shape index (κ1) is 11.4. The number of hydrogen-bond donors (Lipinski definition) is 2. The van der Waals surface area contributed by atoms with Crippen molar-refractivity contribution in [1.82, 2.24) is 9.55 Å². The lowest BCUT2D eigenvalue weighted by atomic mass is 10.2. The van der Waals surface area contributed by atoms with E-state index in [2.05, 4.69) is 10.9 Å². The summed E-state index contributed by atoms with van der Waals surface area (Å²) < 4.78 is 6.57. The zero-order chi connectivity index (χ0) is 12.4. The van der Waals surface area contributed by atoms with E-state index in [0.717, 1.165) is 0 Å². The van der Waals surface area contributed by atoms with Crippen LogP contribution in [0, 0.1) is 12.3 Å². The van der Waals surface area contributed by atoms with Gasteiger partial charge in [-0.1, -0.05) is 5.92 Å². The zero-order valence-corrected chi connectivity index (χ0v) is 8.79. The van der Waals surface area contributed by atoms with Gasteiger partial charge in [0.2, 0.25) is 0 Å². The Balaban J connectivity index is 2.38. The fourth-order valence-electron chi connectivity index (χ4n) is 1.60. The SMILES string of the molecule is C#CC1=C[C@H](n2ccc(=O)[nH]c2=O)O[C@@H]1CO. The highest BCUT2D eigenvalue weighted by molar-refractivity contribution is 5.33. The fraction of sp³-hybridized carbons (Fsp3) is 0.273. The van der Waals surface area contributed by atoms with E-state index in [0.29, 0.717) is 5.57 Å². The highest BCUT2D eigenvalue weighted by Crippen LogP contribution is 2.24. The molecule has 1 aromatic heterocycles. The van der Waals surface area contributed by atoms with Crippen molar-refractivity contribution in [3.05, 3.63) is 44.8 Å². The molecule has 2 N–H and O–H groups in total. The molecule has 0 spiro atoms. The number of aliphatic hydroxyl groups is 1. The Labute approximate surface area is 96.2 Å². The van der Waals surface area contributed by atoms with Gasteiger partial charge in [-0.05, 0) is 6.08 Å². The van der Waals surface area contributed by atoms with E-state index in [1.807, 2.05) is 0 Å². The molecular weight excluding hydrogens is 224 g/mol. The Kier molecular flexibility index (Phi) is 2.95. The van der Waals surface area contributed by atoms with Crippen LogP contribution >= 0.6 is 0 Å². The Morgan fingerprint density at radius 2 is 2.35 bits per heavy atom. The van der Waals surface area contributed by atoms with Crippen molar-refractivity contribution < 1.29 is 9.84 Å². The van der Waals surface area contributed by atoms with Crippen molar-refractivity contribution in [1.29, 1.82) is 0 Å². The Bertz CT molecular complexity index is 605. The minimum Gasteiger partial charge on any atom is -0.393 e. The van der Waals surface area contributed by atoms with Crippen LogP contribution in [0.2, 0.25) is 0 Å². The predicted octanol–water partition coefficient (Wildman–Crippen LogP) is -1.01. The first-order valence-electron chi connectivity index (χ1n) is 4.92. The fourth-order valence-corrected chi connectivity index (χ4v) is 1.60. The normalized spacial score (nSPS) is 23.2. The summed E-state index contributed by atoms with van der Waals surface area (Å²) in [5.41, 5.74) is -0.589. The van der Waals surface area contributed by atoms with E-state index in [1.54, 1.807) is 6.08 Å². The summed E-state index contributed by atoms with van der Waals surface area (Å²) in [4.78, 5) is 24.5. The molecule has 2 atom stereocenters. The van der Waals surface area contributed by atoms with Crippen LogP contribution in [-0.2, 0) is 4.74 Å². The second-order valence-electron chi connectivity index (χ2n) is 3.48. The number of H-pyrrole nitrogens is 1. The van der Waals surface area contributed by atoms with E-state index < -0.39 is 23.6 Å². The van der Waals surface area contributed by atoms with Crippen LogP contribution in [0.4, 0.5) is 0 Å². The minimum absolute atomic E-state index is 0.259. The molecule has 1 aliphatic heterocycles. The van der Waals surface area contributed by atoms with Gasteiger partial charge < -0.3 is 9.84 Å².